The summed E-state index contributed by atoms with van der Waals surface area (Å²) in [5, 5.41) is 0. The molecule has 4 atom stereocenters. The fraction of sp³-hybridized carbons (Fsp3) is 0.500. The first-order chi connectivity index (χ1) is 14.7. The van der Waals surface area contributed by atoms with Gasteiger partial charge in [0.25, 0.3) is 0 Å². The molecule has 0 N–H and O–H groups in total. The highest BCUT2D eigenvalue weighted by Crippen LogP contribution is 2.41. The summed E-state index contributed by atoms with van der Waals surface area (Å²) in [6.07, 6.45) is 1.61. The molecule has 4 nitrogen and oxygen atoms in total. The molecule has 0 saturated carbocycles. The van der Waals surface area contributed by atoms with E-state index in [0.29, 0.717) is 19.1 Å². The van der Waals surface area contributed by atoms with Crippen LogP contribution in [-0.4, -0.2) is 36.2 Å². The topological polar surface area (TPSA) is 38.8 Å². The van der Waals surface area contributed by atoms with E-state index in [-0.39, 0.29) is 29.6 Å². The molecule has 0 radical (unpaired) electrons. The summed E-state index contributed by atoms with van der Waals surface area (Å²) in [7, 11) is 0. The molecule has 4 rings (SSSR count). The van der Waals surface area contributed by atoms with Crippen molar-refractivity contribution in [3.63, 3.8) is 0 Å². The highest BCUT2D eigenvalue weighted by atomic mass is 79.9. The van der Waals surface area contributed by atoms with Gasteiger partial charge in [-0.2, -0.15) is 0 Å². The van der Waals surface area contributed by atoms with Gasteiger partial charge in [-0.15, -0.1) is 0 Å². The molecule has 0 spiro atoms. The molecular formula is C26H32BrNO3. The molecule has 2 aliphatic heterocycles. The van der Waals surface area contributed by atoms with Gasteiger partial charge in [-0.25, -0.2) is 0 Å². The number of piperidine rings is 1. The Kier molecular flexibility index (Phi) is 6.45. The van der Waals surface area contributed by atoms with Crippen molar-refractivity contribution in [2.24, 2.45) is 5.92 Å². The van der Waals surface area contributed by atoms with E-state index in [2.05, 4.69) is 84.9 Å². The zero-order valence-electron chi connectivity index (χ0n) is 18.8. The standard InChI is InChI=1S/C26H32BrNO3/c1-17-5-14-23-25(29)31-22(15-28(23)24(17)18-6-10-20(27)11-7-18)16-30-21-12-8-19(9-13-21)26(2,3)4/h6-13,17,22-24H,5,14-16H2,1-4H3/t17-,22-,23-,24+/m0/s1. The first-order valence-corrected chi connectivity index (χ1v) is 12.0. The minimum absolute atomic E-state index is 0.111. The maximum Gasteiger partial charge on any atom is 0.323 e. The van der Waals surface area contributed by atoms with Crippen LogP contribution in [0.1, 0.15) is 57.7 Å². The van der Waals surface area contributed by atoms with Crippen LogP contribution < -0.4 is 4.74 Å². The Hall–Kier alpha value is -1.85. The lowest BCUT2D eigenvalue weighted by Crippen LogP contribution is -2.58. The van der Waals surface area contributed by atoms with Crippen LogP contribution in [-0.2, 0) is 14.9 Å². The summed E-state index contributed by atoms with van der Waals surface area (Å²) >= 11 is 3.53. The minimum atomic E-state index is -0.269. The lowest BCUT2D eigenvalue weighted by Gasteiger charge is -2.48. The van der Waals surface area contributed by atoms with Crippen molar-refractivity contribution in [2.75, 3.05) is 13.2 Å². The molecule has 2 fully saturated rings. The first-order valence-electron chi connectivity index (χ1n) is 11.2. The summed E-state index contributed by atoms with van der Waals surface area (Å²) < 4.78 is 12.9. The maximum atomic E-state index is 12.8. The van der Waals surface area contributed by atoms with Gasteiger partial charge < -0.3 is 9.47 Å². The fourth-order valence-corrected chi connectivity index (χ4v) is 5.05. The summed E-state index contributed by atoms with van der Waals surface area (Å²) in [5.41, 5.74) is 2.64. The Morgan fingerprint density at radius 1 is 1.06 bits per heavy atom. The van der Waals surface area contributed by atoms with Gasteiger partial charge in [-0.05, 0) is 59.6 Å². The second kappa shape index (κ2) is 8.95. The zero-order valence-corrected chi connectivity index (χ0v) is 20.4. The van der Waals surface area contributed by atoms with Crippen LogP contribution in [0, 0.1) is 5.92 Å². The van der Waals surface area contributed by atoms with Gasteiger partial charge in [0.15, 0.2) is 0 Å². The third-order valence-corrected chi connectivity index (χ3v) is 7.06. The molecule has 0 bridgehead atoms. The molecule has 2 aromatic carbocycles. The van der Waals surface area contributed by atoms with E-state index >= 15 is 0 Å². The summed E-state index contributed by atoms with van der Waals surface area (Å²) in [6, 6.07) is 16.8. The average Bonchev–Trinajstić information content (AvgIpc) is 2.73. The van der Waals surface area contributed by atoms with Crippen LogP contribution in [0.4, 0.5) is 0 Å². The van der Waals surface area contributed by atoms with Gasteiger partial charge >= 0.3 is 5.97 Å². The molecule has 166 valence electrons. The number of morpholine rings is 1. The highest BCUT2D eigenvalue weighted by Gasteiger charge is 2.45. The van der Waals surface area contributed by atoms with Crippen LogP contribution in [0.15, 0.2) is 53.0 Å². The Balaban J connectivity index is 1.46. The van der Waals surface area contributed by atoms with Gasteiger partial charge in [0, 0.05) is 17.1 Å². The number of esters is 1. The fourth-order valence-electron chi connectivity index (χ4n) is 4.78. The van der Waals surface area contributed by atoms with E-state index in [1.807, 2.05) is 12.1 Å². The van der Waals surface area contributed by atoms with Gasteiger partial charge in [0.1, 0.15) is 24.5 Å². The average molecular weight is 486 g/mol. The third-order valence-electron chi connectivity index (χ3n) is 6.53. The zero-order chi connectivity index (χ0) is 22.2. The van der Waals surface area contributed by atoms with E-state index in [4.69, 9.17) is 9.47 Å². The molecule has 2 heterocycles. The number of halogens is 1. The van der Waals surface area contributed by atoms with Crippen LogP contribution in [0.5, 0.6) is 5.75 Å². The second-order valence-corrected chi connectivity index (χ2v) is 10.8. The molecule has 2 aliphatic rings. The Labute approximate surface area is 194 Å². The molecule has 0 unspecified atom stereocenters. The van der Waals surface area contributed by atoms with E-state index < -0.39 is 0 Å². The van der Waals surface area contributed by atoms with Gasteiger partial charge in [-0.3, -0.25) is 9.69 Å². The van der Waals surface area contributed by atoms with Crippen molar-refractivity contribution in [3.05, 3.63) is 64.1 Å². The van der Waals surface area contributed by atoms with E-state index in [1.165, 1.54) is 11.1 Å². The maximum absolute atomic E-state index is 12.8. The van der Waals surface area contributed by atoms with Crippen molar-refractivity contribution in [2.45, 2.75) is 64.1 Å². The van der Waals surface area contributed by atoms with Gasteiger partial charge in [0.2, 0.25) is 0 Å². The van der Waals surface area contributed by atoms with Crippen molar-refractivity contribution < 1.29 is 14.3 Å². The Bertz CT molecular complexity index is 904. The molecule has 0 aliphatic carbocycles. The minimum Gasteiger partial charge on any atom is -0.490 e. The summed E-state index contributed by atoms with van der Waals surface area (Å²) in [4.78, 5) is 15.2. The summed E-state index contributed by atoms with van der Waals surface area (Å²) in [5.74, 6) is 1.18. The number of hydrogen-bond donors (Lipinski definition) is 0. The Morgan fingerprint density at radius 3 is 2.39 bits per heavy atom. The van der Waals surface area contributed by atoms with Crippen LogP contribution in [0.25, 0.3) is 0 Å². The van der Waals surface area contributed by atoms with Crippen molar-refractivity contribution in [1.29, 1.82) is 0 Å². The van der Waals surface area contributed by atoms with Crippen LogP contribution in [0.3, 0.4) is 0 Å². The number of fused-ring (bicyclic) bond motifs is 1. The number of cyclic esters (lactones) is 1. The number of carbonyl (C=O) groups excluding carboxylic acids is 1. The van der Waals surface area contributed by atoms with Crippen LogP contribution >= 0.6 is 15.9 Å². The lowest BCUT2D eigenvalue weighted by atomic mass is 9.82. The quantitative estimate of drug-likeness (QED) is 0.505. The molecular weight excluding hydrogens is 454 g/mol. The van der Waals surface area contributed by atoms with E-state index in [9.17, 15) is 4.79 Å². The number of carbonyl (C=O) groups is 1. The largest absolute Gasteiger partial charge is 0.490 e. The van der Waals surface area contributed by atoms with Gasteiger partial charge in [-0.1, -0.05) is 67.9 Å². The van der Waals surface area contributed by atoms with Crippen LogP contribution in [0.2, 0.25) is 0 Å². The smallest absolute Gasteiger partial charge is 0.323 e. The SMILES string of the molecule is C[C@H]1CC[C@H]2C(=O)O[C@H](COc3ccc(C(C)(C)C)cc3)CN2[C@H]1c1ccc(Br)cc1. The number of ether oxygens (including phenoxy) is 2. The molecule has 2 aromatic rings. The lowest BCUT2D eigenvalue weighted by molar-refractivity contribution is -0.176. The normalized spacial score (nSPS) is 26.8. The van der Waals surface area contributed by atoms with E-state index in [1.54, 1.807) is 0 Å². The van der Waals surface area contributed by atoms with E-state index in [0.717, 1.165) is 23.1 Å². The number of nitrogens with zero attached hydrogens (tertiary/aromatic N) is 1. The Morgan fingerprint density at radius 2 is 1.74 bits per heavy atom. The molecule has 5 heteroatoms. The molecule has 2 saturated heterocycles. The molecule has 31 heavy (non-hydrogen) atoms. The molecule has 0 aromatic heterocycles. The number of rotatable bonds is 4. The third kappa shape index (κ3) is 4.98. The number of benzene rings is 2. The van der Waals surface area contributed by atoms with Crippen molar-refractivity contribution in [3.8, 4) is 5.75 Å². The monoisotopic (exact) mass is 485 g/mol. The first kappa shape index (κ1) is 22.3. The summed E-state index contributed by atoms with van der Waals surface area (Å²) in [6.45, 7) is 9.94. The second-order valence-electron chi connectivity index (χ2n) is 9.91. The van der Waals surface area contributed by atoms with Crippen molar-refractivity contribution in [1.82, 2.24) is 4.90 Å². The number of hydrogen-bond acceptors (Lipinski definition) is 4. The predicted molar refractivity (Wildman–Crippen MR) is 126 cm³/mol. The highest BCUT2D eigenvalue weighted by molar-refractivity contribution is 9.10. The molecule has 0 amide bonds. The van der Waals surface area contributed by atoms with Crippen molar-refractivity contribution >= 4 is 21.9 Å². The predicted octanol–water partition coefficient (Wildman–Crippen LogP) is 5.89. The van der Waals surface area contributed by atoms with Gasteiger partial charge in [0.05, 0.1) is 0 Å².